The average Bonchev–Trinajstić information content (AvgIpc) is 2.91. The molecule has 1 aliphatic rings. The van der Waals surface area contributed by atoms with Gasteiger partial charge in [-0.3, -0.25) is 0 Å². The highest BCUT2D eigenvalue weighted by Crippen LogP contribution is 2.38. The Kier molecular flexibility index (Phi) is 3.50. The van der Waals surface area contributed by atoms with Crippen LogP contribution in [0.1, 0.15) is 18.9 Å². The molecule has 0 spiro atoms. The maximum atomic E-state index is 5.73. The van der Waals surface area contributed by atoms with Crippen LogP contribution in [0.4, 0.5) is 5.69 Å². The summed E-state index contributed by atoms with van der Waals surface area (Å²) in [7, 11) is 0. The molecule has 0 bridgehead atoms. The largest absolute Gasteiger partial charge is 0.389 e. The first kappa shape index (κ1) is 11.9. The lowest BCUT2D eigenvalue weighted by atomic mass is 10.1. The fraction of sp³-hybridized carbons (Fsp3) is 0.417. The normalized spacial score (nSPS) is 22.9. The van der Waals surface area contributed by atoms with Crippen molar-refractivity contribution >= 4 is 38.8 Å². The van der Waals surface area contributed by atoms with Crippen LogP contribution in [0.25, 0.3) is 0 Å². The minimum Gasteiger partial charge on any atom is -0.389 e. The Morgan fingerprint density at radius 3 is 2.88 bits per heavy atom. The van der Waals surface area contributed by atoms with Gasteiger partial charge in [0, 0.05) is 22.3 Å². The van der Waals surface area contributed by atoms with E-state index in [9.17, 15) is 0 Å². The van der Waals surface area contributed by atoms with E-state index in [1.165, 1.54) is 6.42 Å². The van der Waals surface area contributed by atoms with E-state index in [2.05, 4.69) is 28.2 Å². The molecular weight excluding hydrogens is 284 g/mol. The molecule has 3 N–H and O–H groups in total. The van der Waals surface area contributed by atoms with E-state index in [1.807, 2.05) is 18.2 Å². The summed E-state index contributed by atoms with van der Waals surface area (Å²) in [6.45, 7) is 3.29. The van der Waals surface area contributed by atoms with Crippen LogP contribution in [0.5, 0.6) is 0 Å². The van der Waals surface area contributed by atoms with Gasteiger partial charge in [0.15, 0.2) is 0 Å². The molecule has 0 heterocycles. The van der Waals surface area contributed by atoms with Gasteiger partial charge in [0.1, 0.15) is 4.99 Å². The van der Waals surface area contributed by atoms with E-state index >= 15 is 0 Å². The minimum absolute atomic E-state index is 0.429. The molecule has 0 amide bonds. The molecule has 1 aromatic rings. The quantitative estimate of drug-likeness (QED) is 0.839. The Balaban J connectivity index is 2.12. The standard InChI is InChI=1S/C12H15BrN2S/c1-7-5-8(7)6-15-10-4-2-3-9(13)11(10)12(14)16/h2-4,7-8,15H,5-6H2,1H3,(H2,14,16). The zero-order valence-electron chi connectivity index (χ0n) is 9.16. The van der Waals surface area contributed by atoms with Crippen LogP contribution < -0.4 is 11.1 Å². The van der Waals surface area contributed by atoms with Crippen molar-refractivity contribution < 1.29 is 0 Å². The second-order valence-corrected chi connectivity index (χ2v) is 5.67. The molecule has 0 radical (unpaired) electrons. The maximum absolute atomic E-state index is 5.73. The lowest BCUT2D eigenvalue weighted by Crippen LogP contribution is -2.15. The van der Waals surface area contributed by atoms with Crippen molar-refractivity contribution in [3.05, 3.63) is 28.2 Å². The molecule has 4 heteroatoms. The van der Waals surface area contributed by atoms with Gasteiger partial charge in [-0.05, 0) is 46.3 Å². The molecule has 1 saturated carbocycles. The Hall–Kier alpha value is -0.610. The molecule has 0 aromatic heterocycles. The van der Waals surface area contributed by atoms with Crippen LogP contribution >= 0.6 is 28.1 Å². The van der Waals surface area contributed by atoms with Gasteiger partial charge in [-0.25, -0.2) is 0 Å². The Morgan fingerprint density at radius 2 is 2.31 bits per heavy atom. The number of nitrogens with two attached hydrogens (primary N) is 1. The van der Waals surface area contributed by atoms with Crippen LogP contribution in [0.2, 0.25) is 0 Å². The highest BCUT2D eigenvalue weighted by Gasteiger charge is 2.32. The van der Waals surface area contributed by atoms with Crippen LogP contribution in [0.15, 0.2) is 22.7 Å². The first-order valence-electron chi connectivity index (χ1n) is 5.41. The number of benzene rings is 1. The predicted molar refractivity (Wildman–Crippen MR) is 75.8 cm³/mol. The number of hydrogen-bond donors (Lipinski definition) is 2. The average molecular weight is 299 g/mol. The second-order valence-electron chi connectivity index (χ2n) is 4.38. The number of rotatable bonds is 4. The number of thiocarbonyl (C=S) groups is 1. The van der Waals surface area contributed by atoms with Crippen molar-refractivity contribution in [1.82, 2.24) is 0 Å². The Labute approximate surface area is 110 Å². The van der Waals surface area contributed by atoms with Crippen LogP contribution in [-0.2, 0) is 0 Å². The summed E-state index contributed by atoms with van der Waals surface area (Å²) in [6.07, 6.45) is 1.32. The van der Waals surface area contributed by atoms with Gasteiger partial charge >= 0.3 is 0 Å². The molecule has 0 saturated heterocycles. The smallest absolute Gasteiger partial charge is 0.107 e. The number of hydrogen-bond acceptors (Lipinski definition) is 2. The van der Waals surface area contributed by atoms with Crippen molar-refractivity contribution in [1.29, 1.82) is 0 Å². The van der Waals surface area contributed by atoms with Gasteiger partial charge in [-0.2, -0.15) is 0 Å². The monoisotopic (exact) mass is 298 g/mol. The molecule has 1 aromatic carbocycles. The van der Waals surface area contributed by atoms with Gasteiger partial charge in [-0.1, -0.05) is 25.2 Å². The molecule has 1 fully saturated rings. The third-order valence-corrected chi connectivity index (χ3v) is 3.96. The summed E-state index contributed by atoms with van der Waals surface area (Å²) in [5, 5.41) is 3.43. The zero-order valence-corrected chi connectivity index (χ0v) is 11.6. The molecule has 0 aliphatic heterocycles. The Bertz CT molecular complexity index is 419. The molecule has 1 aliphatic carbocycles. The van der Waals surface area contributed by atoms with Gasteiger partial charge < -0.3 is 11.1 Å². The predicted octanol–water partition coefficient (Wildman–Crippen LogP) is 3.15. The molecular formula is C12H15BrN2S. The van der Waals surface area contributed by atoms with Crippen molar-refractivity contribution in [2.24, 2.45) is 17.6 Å². The third kappa shape index (κ3) is 2.55. The molecule has 86 valence electrons. The Morgan fingerprint density at radius 1 is 1.62 bits per heavy atom. The SMILES string of the molecule is CC1CC1CNc1cccc(Br)c1C(N)=S. The van der Waals surface area contributed by atoms with Crippen molar-refractivity contribution in [3.63, 3.8) is 0 Å². The molecule has 2 nitrogen and oxygen atoms in total. The van der Waals surface area contributed by atoms with Gasteiger partial charge in [0.05, 0.1) is 0 Å². The lowest BCUT2D eigenvalue weighted by molar-refractivity contribution is 0.787. The molecule has 2 unspecified atom stereocenters. The van der Waals surface area contributed by atoms with Crippen LogP contribution in [0.3, 0.4) is 0 Å². The molecule has 2 atom stereocenters. The topological polar surface area (TPSA) is 38.0 Å². The first-order valence-corrected chi connectivity index (χ1v) is 6.62. The summed E-state index contributed by atoms with van der Waals surface area (Å²) in [4.78, 5) is 0.429. The van der Waals surface area contributed by atoms with Crippen molar-refractivity contribution in [3.8, 4) is 0 Å². The van der Waals surface area contributed by atoms with E-state index in [1.54, 1.807) is 0 Å². The summed E-state index contributed by atoms with van der Waals surface area (Å²) >= 11 is 8.54. The molecule has 2 rings (SSSR count). The van der Waals surface area contributed by atoms with Crippen LogP contribution in [-0.4, -0.2) is 11.5 Å². The highest BCUT2D eigenvalue weighted by molar-refractivity contribution is 9.10. The lowest BCUT2D eigenvalue weighted by Gasteiger charge is -2.12. The molecule has 16 heavy (non-hydrogen) atoms. The second kappa shape index (κ2) is 4.72. The summed E-state index contributed by atoms with van der Waals surface area (Å²) in [5.74, 6) is 1.66. The third-order valence-electron chi connectivity index (χ3n) is 3.09. The summed E-state index contributed by atoms with van der Waals surface area (Å²) in [6, 6.07) is 5.97. The fourth-order valence-corrected chi connectivity index (χ4v) is 2.78. The number of halogens is 1. The first-order chi connectivity index (χ1) is 7.59. The highest BCUT2D eigenvalue weighted by atomic mass is 79.9. The van der Waals surface area contributed by atoms with E-state index in [0.29, 0.717) is 4.99 Å². The van der Waals surface area contributed by atoms with Gasteiger partial charge in [-0.15, -0.1) is 0 Å². The van der Waals surface area contributed by atoms with E-state index in [4.69, 9.17) is 18.0 Å². The number of nitrogens with one attached hydrogen (secondary N) is 1. The van der Waals surface area contributed by atoms with Crippen molar-refractivity contribution in [2.75, 3.05) is 11.9 Å². The van der Waals surface area contributed by atoms with Crippen LogP contribution in [0, 0.1) is 11.8 Å². The van der Waals surface area contributed by atoms with E-state index < -0.39 is 0 Å². The fourth-order valence-electron chi connectivity index (χ4n) is 1.85. The minimum atomic E-state index is 0.429. The summed E-state index contributed by atoms with van der Waals surface area (Å²) < 4.78 is 0.953. The zero-order chi connectivity index (χ0) is 11.7. The summed E-state index contributed by atoms with van der Waals surface area (Å²) in [5.41, 5.74) is 7.66. The van der Waals surface area contributed by atoms with E-state index in [-0.39, 0.29) is 0 Å². The van der Waals surface area contributed by atoms with Crippen molar-refractivity contribution in [2.45, 2.75) is 13.3 Å². The van der Waals surface area contributed by atoms with Gasteiger partial charge in [0.2, 0.25) is 0 Å². The maximum Gasteiger partial charge on any atom is 0.107 e. The van der Waals surface area contributed by atoms with E-state index in [0.717, 1.165) is 34.1 Å². The van der Waals surface area contributed by atoms with Gasteiger partial charge in [0.25, 0.3) is 0 Å². The number of anilines is 1.